The average molecular weight is 329 g/mol. The smallest absolute Gasteiger partial charge is 0.285 e. The summed E-state index contributed by atoms with van der Waals surface area (Å²) < 4.78 is 17.2. The SMILES string of the molecule is CCCCCCCCC(C1CCCCCC1)C(OC)(OC)OC. The first-order chi connectivity index (χ1) is 11.2. The van der Waals surface area contributed by atoms with Gasteiger partial charge in [-0.2, -0.15) is 0 Å². The van der Waals surface area contributed by atoms with Gasteiger partial charge in [0.05, 0.1) is 0 Å². The van der Waals surface area contributed by atoms with Crippen molar-refractivity contribution >= 4 is 0 Å². The van der Waals surface area contributed by atoms with Crippen molar-refractivity contribution in [1.29, 1.82) is 0 Å². The zero-order valence-electron chi connectivity index (χ0n) is 16.1. The fraction of sp³-hybridized carbons (Fsp3) is 1.00. The normalized spacial score (nSPS) is 18.8. The first kappa shape index (κ1) is 20.9. The molecule has 0 heterocycles. The average Bonchev–Trinajstić information content (AvgIpc) is 2.87. The van der Waals surface area contributed by atoms with Crippen LogP contribution >= 0.6 is 0 Å². The molecule has 1 atom stereocenters. The van der Waals surface area contributed by atoms with Gasteiger partial charge in [0.2, 0.25) is 0 Å². The molecule has 0 radical (unpaired) electrons. The van der Waals surface area contributed by atoms with Crippen molar-refractivity contribution in [2.75, 3.05) is 21.3 Å². The zero-order valence-corrected chi connectivity index (χ0v) is 16.1. The van der Waals surface area contributed by atoms with Crippen LogP contribution in [0.1, 0.15) is 90.4 Å². The van der Waals surface area contributed by atoms with Gasteiger partial charge in [-0.05, 0) is 25.2 Å². The molecular formula is C20H40O3. The number of methoxy groups -OCH3 is 3. The molecule has 1 fully saturated rings. The molecule has 1 unspecified atom stereocenters. The molecule has 1 aliphatic carbocycles. The number of rotatable bonds is 12. The molecule has 0 spiro atoms. The first-order valence-electron chi connectivity index (χ1n) is 9.89. The molecule has 0 bridgehead atoms. The van der Waals surface area contributed by atoms with Gasteiger partial charge in [-0.15, -0.1) is 0 Å². The summed E-state index contributed by atoms with van der Waals surface area (Å²) in [6.07, 6.45) is 17.1. The van der Waals surface area contributed by atoms with Gasteiger partial charge in [0, 0.05) is 27.2 Å². The molecule has 0 aromatic carbocycles. The van der Waals surface area contributed by atoms with Crippen LogP contribution in [0, 0.1) is 11.8 Å². The highest BCUT2D eigenvalue weighted by Gasteiger charge is 2.44. The summed E-state index contributed by atoms with van der Waals surface area (Å²) in [4.78, 5) is 0. The number of ether oxygens (including phenoxy) is 3. The largest absolute Gasteiger partial charge is 0.331 e. The second-order valence-corrected chi connectivity index (χ2v) is 7.13. The molecule has 0 amide bonds. The van der Waals surface area contributed by atoms with E-state index in [2.05, 4.69) is 6.92 Å². The van der Waals surface area contributed by atoms with Crippen LogP contribution < -0.4 is 0 Å². The van der Waals surface area contributed by atoms with E-state index in [1.807, 2.05) is 0 Å². The van der Waals surface area contributed by atoms with Crippen molar-refractivity contribution in [3.05, 3.63) is 0 Å². The Morgan fingerprint density at radius 2 is 1.30 bits per heavy atom. The van der Waals surface area contributed by atoms with Gasteiger partial charge in [-0.1, -0.05) is 71.1 Å². The molecular weight excluding hydrogens is 288 g/mol. The Morgan fingerprint density at radius 1 is 0.783 bits per heavy atom. The Hall–Kier alpha value is -0.120. The van der Waals surface area contributed by atoms with E-state index in [1.54, 1.807) is 21.3 Å². The molecule has 1 aliphatic rings. The minimum Gasteiger partial charge on any atom is -0.331 e. The summed E-state index contributed by atoms with van der Waals surface area (Å²) in [7, 11) is 5.16. The van der Waals surface area contributed by atoms with E-state index >= 15 is 0 Å². The maximum absolute atomic E-state index is 5.74. The van der Waals surface area contributed by atoms with Crippen molar-refractivity contribution in [3.63, 3.8) is 0 Å². The molecule has 0 N–H and O–H groups in total. The molecule has 3 nitrogen and oxygen atoms in total. The van der Waals surface area contributed by atoms with Crippen LogP contribution in [-0.4, -0.2) is 27.3 Å². The Morgan fingerprint density at radius 3 is 1.83 bits per heavy atom. The van der Waals surface area contributed by atoms with Crippen molar-refractivity contribution in [2.24, 2.45) is 11.8 Å². The Balaban J connectivity index is 2.63. The summed E-state index contributed by atoms with van der Waals surface area (Å²) >= 11 is 0. The topological polar surface area (TPSA) is 27.7 Å². The molecule has 0 aromatic rings. The summed E-state index contributed by atoms with van der Waals surface area (Å²) in [6, 6.07) is 0. The van der Waals surface area contributed by atoms with Crippen LogP contribution in [0.2, 0.25) is 0 Å². The van der Waals surface area contributed by atoms with E-state index < -0.39 is 5.97 Å². The quantitative estimate of drug-likeness (QED) is 0.253. The standard InChI is InChI=1S/C20H40O3/c1-5-6-7-8-9-14-17-19(20(21-2,22-3)23-4)18-15-12-10-11-13-16-18/h18-19H,5-17H2,1-4H3. The predicted octanol–water partition coefficient (Wildman–Crippen LogP) is 5.92. The zero-order chi connectivity index (χ0) is 17.0. The third-order valence-corrected chi connectivity index (χ3v) is 5.65. The minimum absolute atomic E-state index is 0.340. The molecule has 0 aromatic heterocycles. The van der Waals surface area contributed by atoms with Crippen molar-refractivity contribution in [1.82, 2.24) is 0 Å². The third-order valence-electron chi connectivity index (χ3n) is 5.65. The van der Waals surface area contributed by atoms with Crippen LogP contribution in [0.5, 0.6) is 0 Å². The lowest BCUT2D eigenvalue weighted by Gasteiger charge is -2.40. The predicted molar refractivity (Wildman–Crippen MR) is 96.4 cm³/mol. The van der Waals surface area contributed by atoms with Crippen LogP contribution in [0.15, 0.2) is 0 Å². The first-order valence-corrected chi connectivity index (χ1v) is 9.89. The Bertz CT molecular complexity index is 260. The summed E-state index contributed by atoms with van der Waals surface area (Å²) in [5.74, 6) is 0.137. The van der Waals surface area contributed by atoms with E-state index in [0.29, 0.717) is 11.8 Å². The Labute approximate surface area is 144 Å². The lowest BCUT2D eigenvalue weighted by Crippen LogP contribution is -2.47. The number of hydrogen-bond donors (Lipinski definition) is 0. The van der Waals surface area contributed by atoms with Crippen LogP contribution in [-0.2, 0) is 14.2 Å². The van der Waals surface area contributed by atoms with Crippen LogP contribution in [0.25, 0.3) is 0 Å². The summed E-state index contributed by atoms with van der Waals surface area (Å²) in [5.41, 5.74) is 0. The van der Waals surface area contributed by atoms with E-state index in [0.717, 1.165) is 6.42 Å². The van der Waals surface area contributed by atoms with Gasteiger partial charge < -0.3 is 14.2 Å². The lowest BCUT2D eigenvalue weighted by molar-refractivity contribution is -0.386. The second-order valence-electron chi connectivity index (χ2n) is 7.13. The highest BCUT2D eigenvalue weighted by molar-refractivity contribution is 4.80. The highest BCUT2D eigenvalue weighted by Crippen LogP contribution is 2.40. The van der Waals surface area contributed by atoms with E-state index in [9.17, 15) is 0 Å². The molecule has 0 aliphatic heterocycles. The van der Waals surface area contributed by atoms with Crippen molar-refractivity contribution < 1.29 is 14.2 Å². The molecule has 23 heavy (non-hydrogen) atoms. The fourth-order valence-corrected chi connectivity index (χ4v) is 4.26. The molecule has 138 valence electrons. The number of hydrogen-bond acceptors (Lipinski definition) is 3. The summed E-state index contributed by atoms with van der Waals surface area (Å²) in [6.45, 7) is 2.27. The Kier molecular flexibility index (Phi) is 11.2. The fourth-order valence-electron chi connectivity index (χ4n) is 4.26. The second kappa shape index (κ2) is 12.3. The van der Waals surface area contributed by atoms with Crippen LogP contribution in [0.4, 0.5) is 0 Å². The summed E-state index contributed by atoms with van der Waals surface area (Å²) in [5, 5.41) is 0. The van der Waals surface area contributed by atoms with Crippen molar-refractivity contribution in [3.8, 4) is 0 Å². The van der Waals surface area contributed by atoms with Gasteiger partial charge in [-0.25, -0.2) is 0 Å². The van der Waals surface area contributed by atoms with Crippen molar-refractivity contribution in [2.45, 2.75) is 96.4 Å². The molecule has 1 rings (SSSR count). The molecule has 0 saturated heterocycles. The van der Waals surface area contributed by atoms with Gasteiger partial charge in [-0.3, -0.25) is 0 Å². The third kappa shape index (κ3) is 6.72. The highest BCUT2D eigenvalue weighted by atomic mass is 16.9. The number of unbranched alkanes of at least 4 members (excludes halogenated alkanes) is 5. The van der Waals surface area contributed by atoms with Gasteiger partial charge >= 0.3 is 0 Å². The molecule has 3 heteroatoms. The van der Waals surface area contributed by atoms with Gasteiger partial charge in [0.15, 0.2) is 0 Å². The van der Waals surface area contributed by atoms with Crippen LogP contribution in [0.3, 0.4) is 0 Å². The maximum atomic E-state index is 5.74. The van der Waals surface area contributed by atoms with Gasteiger partial charge in [0.1, 0.15) is 0 Å². The van der Waals surface area contributed by atoms with E-state index in [-0.39, 0.29) is 0 Å². The maximum Gasteiger partial charge on any atom is 0.285 e. The lowest BCUT2D eigenvalue weighted by atomic mass is 9.80. The molecule has 1 saturated carbocycles. The minimum atomic E-state index is -0.863. The van der Waals surface area contributed by atoms with Gasteiger partial charge in [0.25, 0.3) is 5.97 Å². The van der Waals surface area contributed by atoms with E-state index in [4.69, 9.17) is 14.2 Å². The monoisotopic (exact) mass is 328 g/mol. The van der Waals surface area contributed by atoms with E-state index in [1.165, 1.54) is 77.0 Å².